The largest absolute Gasteiger partial charge is 0.378 e. The molecule has 0 aliphatic rings. The fourth-order valence-corrected chi connectivity index (χ4v) is 4.11. The van der Waals surface area contributed by atoms with Gasteiger partial charge in [0, 0.05) is 10.0 Å². The smallest absolute Gasteiger partial charge is 0.340 e. The Morgan fingerprint density at radius 3 is 2.09 bits per heavy atom. The van der Waals surface area contributed by atoms with Crippen LogP contribution in [0.2, 0.25) is 0 Å². The zero-order chi connectivity index (χ0) is 16.3. The maximum absolute atomic E-state index is 12.6. The molecular formula is C18H13BrO3S. The van der Waals surface area contributed by atoms with Gasteiger partial charge >= 0.3 is 10.1 Å². The van der Waals surface area contributed by atoms with E-state index in [4.69, 9.17) is 4.18 Å². The van der Waals surface area contributed by atoms with Crippen molar-refractivity contribution >= 4 is 26.0 Å². The Bertz CT molecular complexity index is 922. The van der Waals surface area contributed by atoms with Gasteiger partial charge in [-0.3, -0.25) is 0 Å². The third-order valence-corrected chi connectivity index (χ3v) is 5.52. The first kappa shape index (κ1) is 15.8. The lowest BCUT2D eigenvalue weighted by Gasteiger charge is -2.12. The van der Waals surface area contributed by atoms with Gasteiger partial charge in [0.1, 0.15) is 4.90 Å². The maximum Gasteiger partial charge on any atom is 0.340 e. The van der Waals surface area contributed by atoms with E-state index in [9.17, 15) is 8.42 Å². The van der Waals surface area contributed by atoms with Crippen LogP contribution in [0.1, 0.15) is 0 Å². The number of rotatable bonds is 4. The summed E-state index contributed by atoms with van der Waals surface area (Å²) in [7, 11) is -3.92. The normalized spacial score (nSPS) is 11.2. The second kappa shape index (κ2) is 6.56. The fraction of sp³-hybridized carbons (Fsp3) is 0. The van der Waals surface area contributed by atoms with Gasteiger partial charge in [0.25, 0.3) is 0 Å². The van der Waals surface area contributed by atoms with E-state index in [1.54, 1.807) is 30.3 Å². The second-order valence-corrected chi connectivity index (χ2v) is 7.20. The van der Waals surface area contributed by atoms with Crippen LogP contribution in [0, 0.1) is 0 Å². The molecule has 0 unspecified atom stereocenters. The minimum atomic E-state index is -3.92. The molecule has 116 valence electrons. The molecule has 3 nitrogen and oxygen atoms in total. The Balaban J connectivity index is 2.03. The average molecular weight is 389 g/mol. The van der Waals surface area contributed by atoms with Gasteiger partial charge in [-0.05, 0) is 39.7 Å². The highest BCUT2D eigenvalue weighted by atomic mass is 79.9. The summed E-state index contributed by atoms with van der Waals surface area (Å²) in [5.41, 5.74) is 1.62. The molecule has 0 spiro atoms. The van der Waals surface area contributed by atoms with Crippen LogP contribution in [0.15, 0.2) is 88.2 Å². The summed E-state index contributed by atoms with van der Waals surface area (Å²) in [5.74, 6) is 0.300. The van der Waals surface area contributed by atoms with E-state index in [0.29, 0.717) is 10.2 Å². The van der Waals surface area contributed by atoms with E-state index in [2.05, 4.69) is 15.9 Å². The van der Waals surface area contributed by atoms with Gasteiger partial charge < -0.3 is 4.18 Å². The molecule has 0 radical (unpaired) electrons. The van der Waals surface area contributed by atoms with E-state index in [1.807, 2.05) is 42.5 Å². The van der Waals surface area contributed by atoms with Gasteiger partial charge in [0.15, 0.2) is 5.75 Å². The summed E-state index contributed by atoms with van der Waals surface area (Å²) in [5, 5.41) is 0. The zero-order valence-electron chi connectivity index (χ0n) is 12.0. The topological polar surface area (TPSA) is 43.4 Å². The Hall–Kier alpha value is -2.11. The van der Waals surface area contributed by atoms with Gasteiger partial charge in [-0.2, -0.15) is 8.42 Å². The van der Waals surface area contributed by atoms with Crippen LogP contribution in [0.25, 0.3) is 11.1 Å². The molecule has 0 fully saturated rings. The van der Waals surface area contributed by atoms with Crippen molar-refractivity contribution in [2.75, 3.05) is 0 Å². The Morgan fingerprint density at radius 1 is 0.739 bits per heavy atom. The molecule has 0 aliphatic carbocycles. The van der Waals surface area contributed by atoms with Crippen LogP contribution in [0.5, 0.6) is 5.75 Å². The van der Waals surface area contributed by atoms with E-state index in [-0.39, 0.29) is 4.90 Å². The molecule has 3 rings (SSSR count). The molecule has 0 saturated carbocycles. The van der Waals surface area contributed by atoms with Gasteiger partial charge in [0.2, 0.25) is 0 Å². The summed E-state index contributed by atoms with van der Waals surface area (Å²) in [6.07, 6.45) is 0. The Kier molecular flexibility index (Phi) is 4.50. The molecule has 0 aromatic heterocycles. The van der Waals surface area contributed by atoms with Crippen molar-refractivity contribution in [2.24, 2.45) is 0 Å². The molecule has 0 heterocycles. The third kappa shape index (κ3) is 3.46. The first-order valence-electron chi connectivity index (χ1n) is 6.91. The van der Waals surface area contributed by atoms with Crippen LogP contribution in [-0.4, -0.2) is 8.42 Å². The van der Waals surface area contributed by atoms with Crippen molar-refractivity contribution in [1.29, 1.82) is 0 Å². The standard InChI is InChI=1S/C18H13BrO3S/c19-16-11-5-7-13-18(16)23(20,21)22-17-12-6-4-10-15(17)14-8-2-1-3-9-14/h1-13H. The first-order valence-corrected chi connectivity index (χ1v) is 9.11. The first-order chi connectivity index (χ1) is 11.1. The SMILES string of the molecule is O=S(=O)(Oc1ccccc1-c1ccccc1)c1ccccc1Br. The molecule has 0 N–H and O–H groups in total. The molecule has 0 bridgehead atoms. The fourth-order valence-electron chi connectivity index (χ4n) is 2.21. The summed E-state index contributed by atoms with van der Waals surface area (Å²) in [6.45, 7) is 0. The molecule has 0 atom stereocenters. The number of hydrogen-bond acceptors (Lipinski definition) is 3. The molecule has 23 heavy (non-hydrogen) atoms. The van der Waals surface area contributed by atoms with E-state index < -0.39 is 10.1 Å². The summed E-state index contributed by atoms with van der Waals surface area (Å²) in [4.78, 5) is 0.0999. The monoisotopic (exact) mass is 388 g/mol. The maximum atomic E-state index is 12.6. The summed E-state index contributed by atoms with van der Waals surface area (Å²) >= 11 is 3.25. The highest BCUT2D eigenvalue weighted by Crippen LogP contribution is 2.32. The summed E-state index contributed by atoms with van der Waals surface area (Å²) < 4.78 is 31.0. The predicted molar refractivity (Wildman–Crippen MR) is 93.8 cm³/mol. The Labute approximate surface area is 143 Å². The Morgan fingerprint density at radius 2 is 1.35 bits per heavy atom. The minimum absolute atomic E-state index is 0.0999. The number of para-hydroxylation sites is 1. The third-order valence-electron chi connectivity index (χ3n) is 3.28. The van der Waals surface area contributed by atoms with Gasteiger partial charge in [0.05, 0.1) is 0 Å². The molecule has 0 saturated heterocycles. The highest BCUT2D eigenvalue weighted by molar-refractivity contribution is 9.10. The van der Waals surface area contributed by atoms with Crippen LogP contribution in [0.3, 0.4) is 0 Å². The highest BCUT2D eigenvalue weighted by Gasteiger charge is 2.21. The molecule has 0 aliphatic heterocycles. The van der Waals surface area contributed by atoms with E-state index in [0.717, 1.165) is 11.1 Å². The number of hydrogen-bond donors (Lipinski definition) is 0. The van der Waals surface area contributed by atoms with Crippen molar-refractivity contribution in [1.82, 2.24) is 0 Å². The van der Waals surface area contributed by atoms with Crippen LogP contribution in [-0.2, 0) is 10.1 Å². The zero-order valence-corrected chi connectivity index (χ0v) is 14.4. The quantitative estimate of drug-likeness (QED) is 0.597. The van der Waals surface area contributed by atoms with Crippen LogP contribution in [0.4, 0.5) is 0 Å². The molecule has 5 heteroatoms. The molecule has 0 amide bonds. The molecular weight excluding hydrogens is 376 g/mol. The number of halogens is 1. The van der Waals surface area contributed by atoms with Crippen molar-refractivity contribution in [3.05, 3.63) is 83.3 Å². The lowest BCUT2D eigenvalue weighted by atomic mass is 10.1. The van der Waals surface area contributed by atoms with Gasteiger partial charge in [-0.25, -0.2) is 0 Å². The van der Waals surface area contributed by atoms with E-state index in [1.165, 1.54) is 6.07 Å². The molecule has 3 aromatic carbocycles. The minimum Gasteiger partial charge on any atom is -0.378 e. The molecule has 3 aromatic rings. The van der Waals surface area contributed by atoms with Crippen LogP contribution >= 0.6 is 15.9 Å². The predicted octanol–water partition coefficient (Wildman–Crippen LogP) is 4.88. The van der Waals surface area contributed by atoms with Crippen molar-refractivity contribution < 1.29 is 12.6 Å². The van der Waals surface area contributed by atoms with Crippen molar-refractivity contribution in [2.45, 2.75) is 4.90 Å². The van der Waals surface area contributed by atoms with E-state index >= 15 is 0 Å². The van der Waals surface area contributed by atoms with Gasteiger partial charge in [-0.1, -0.05) is 60.7 Å². The van der Waals surface area contributed by atoms with Gasteiger partial charge in [-0.15, -0.1) is 0 Å². The number of benzene rings is 3. The van der Waals surface area contributed by atoms with Crippen LogP contribution < -0.4 is 4.18 Å². The lowest BCUT2D eigenvalue weighted by Crippen LogP contribution is -2.11. The second-order valence-electron chi connectivity index (χ2n) is 4.83. The lowest BCUT2D eigenvalue weighted by molar-refractivity contribution is 0.486. The summed E-state index contributed by atoms with van der Waals surface area (Å²) in [6, 6.07) is 23.2. The van der Waals surface area contributed by atoms with Crippen molar-refractivity contribution in [3.63, 3.8) is 0 Å². The average Bonchev–Trinajstić information content (AvgIpc) is 2.56. The van der Waals surface area contributed by atoms with Crippen molar-refractivity contribution in [3.8, 4) is 16.9 Å².